The van der Waals surface area contributed by atoms with Crippen LogP contribution in [-0.4, -0.2) is 24.1 Å². The van der Waals surface area contributed by atoms with E-state index < -0.39 is 0 Å². The van der Waals surface area contributed by atoms with Crippen molar-refractivity contribution >= 4 is 43.6 Å². The van der Waals surface area contributed by atoms with Gasteiger partial charge in [-0.1, -0.05) is 182 Å². The molecule has 5 heteroatoms. The number of aromatic nitrogens is 5. The van der Waals surface area contributed by atoms with Gasteiger partial charge in [0.15, 0.2) is 11.6 Å². The fourth-order valence-electron chi connectivity index (χ4n) is 9.17. The Morgan fingerprint density at radius 1 is 0.290 bits per heavy atom. The molecule has 12 aromatic rings. The average Bonchev–Trinajstić information content (AvgIpc) is 3.88. The third kappa shape index (κ3) is 5.90. The molecule has 0 aliphatic heterocycles. The van der Waals surface area contributed by atoms with Crippen molar-refractivity contribution in [3.63, 3.8) is 0 Å². The summed E-state index contributed by atoms with van der Waals surface area (Å²) >= 11 is 0. The van der Waals surface area contributed by atoms with Crippen LogP contribution in [0.15, 0.2) is 224 Å². The van der Waals surface area contributed by atoms with Gasteiger partial charge in [-0.05, 0) is 75.8 Å². The van der Waals surface area contributed by atoms with E-state index in [9.17, 15) is 0 Å². The third-order valence-corrected chi connectivity index (χ3v) is 12.0. The second kappa shape index (κ2) is 14.7. The summed E-state index contributed by atoms with van der Waals surface area (Å²) in [6.07, 6.45) is 0. The molecule has 0 fully saturated rings. The molecular formula is C57H37N5. The van der Waals surface area contributed by atoms with Gasteiger partial charge in [-0.25, -0.2) is 4.98 Å². The molecule has 62 heavy (non-hydrogen) atoms. The summed E-state index contributed by atoms with van der Waals surface area (Å²) in [6.45, 7) is 0. The molecule has 0 aliphatic rings. The van der Waals surface area contributed by atoms with Crippen molar-refractivity contribution in [2.45, 2.75) is 0 Å². The predicted molar refractivity (Wildman–Crippen MR) is 256 cm³/mol. The molecule has 0 aliphatic carbocycles. The first-order valence-electron chi connectivity index (χ1n) is 21.0. The van der Waals surface area contributed by atoms with Gasteiger partial charge in [-0.3, -0.25) is 4.57 Å². The lowest BCUT2D eigenvalue weighted by atomic mass is 9.97. The van der Waals surface area contributed by atoms with Crippen LogP contribution in [0.2, 0.25) is 0 Å². The van der Waals surface area contributed by atoms with Crippen molar-refractivity contribution in [3.8, 4) is 67.8 Å². The molecule has 0 spiro atoms. The number of para-hydroxylation sites is 3. The molecule has 12 rings (SSSR count). The Bertz CT molecular complexity index is 3610. The fraction of sp³-hybridized carbons (Fsp3) is 0. The number of hydrogen-bond acceptors (Lipinski definition) is 3. The zero-order valence-corrected chi connectivity index (χ0v) is 33.6. The van der Waals surface area contributed by atoms with Crippen LogP contribution in [0.1, 0.15) is 0 Å². The third-order valence-electron chi connectivity index (χ3n) is 12.0. The number of rotatable bonds is 7. The molecular weight excluding hydrogens is 755 g/mol. The van der Waals surface area contributed by atoms with E-state index in [0.717, 1.165) is 71.9 Å². The summed E-state index contributed by atoms with van der Waals surface area (Å²) in [5.41, 5.74) is 14.1. The highest BCUT2D eigenvalue weighted by molar-refractivity contribution is 6.29. The first-order valence-corrected chi connectivity index (χ1v) is 21.0. The highest BCUT2D eigenvalue weighted by Crippen LogP contribution is 2.46. The summed E-state index contributed by atoms with van der Waals surface area (Å²) < 4.78 is 4.68. The van der Waals surface area contributed by atoms with Crippen molar-refractivity contribution in [2.24, 2.45) is 0 Å². The summed E-state index contributed by atoms with van der Waals surface area (Å²) in [6, 6.07) is 79.2. The summed E-state index contributed by atoms with van der Waals surface area (Å²) in [5.74, 6) is 1.76. The van der Waals surface area contributed by atoms with Gasteiger partial charge in [0, 0.05) is 38.4 Å². The van der Waals surface area contributed by atoms with Gasteiger partial charge in [0.2, 0.25) is 5.95 Å². The van der Waals surface area contributed by atoms with Crippen LogP contribution in [0.5, 0.6) is 0 Å². The molecule has 0 radical (unpaired) electrons. The van der Waals surface area contributed by atoms with Gasteiger partial charge >= 0.3 is 0 Å². The van der Waals surface area contributed by atoms with Crippen LogP contribution in [0.4, 0.5) is 0 Å². The molecule has 5 nitrogen and oxygen atoms in total. The minimum atomic E-state index is 0.553. The topological polar surface area (TPSA) is 48.5 Å². The van der Waals surface area contributed by atoms with Gasteiger partial charge < -0.3 is 4.57 Å². The Labute approximate surface area is 358 Å². The van der Waals surface area contributed by atoms with Crippen molar-refractivity contribution in [2.75, 3.05) is 0 Å². The Balaban J connectivity index is 1.16. The van der Waals surface area contributed by atoms with Gasteiger partial charge in [-0.2, -0.15) is 9.97 Å². The predicted octanol–water partition coefficient (Wildman–Crippen LogP) is 14.4. The number of nitrogens with zero attached hydrogens (tertiary/aromatic N) is 5. The van der Waals surface area contributed by atoms with Crippen LogP contribution in [0, 0.1) is 0 Å². The molecule has 3 aromatic heterocycles. The van der Waals surface area contributed by atoms with Crippen LogP contribution in [0.25, 0.3) is 111 Å². The smallest absolute Gasteiger partial charge is 0.238 e. The Morgan fingerprint density at radius 3 is 1.39 bits per heavy atom. The molecule has 0 unspecified atom stereocenters. The molecule has 0 saturated carbocycles. The SMILES string of the molecule is c1ccc(-c2cccc(-c3cccc(-c4nc(-c5ccccc5)nc(-n5c6ccccc6c6c5cc(-c5ccccc5)c5c7ccccc7n(-c7ccccc7)c56)n4)c3)c2)cc1. The van der Waals surface area contributed by atoms with Crippen molar-refractivity contribution in [1.82, 2.24) is 24.1 Å². The standard InChI is InChI=1S/C57H37N5/c1-5-19-38(20-6-1)41-25-17-26-42(35-41)43-27-18-28-44(36-43)56-58-55(40-23-9-3-10-24-40)59-57(60-56)62-50-34-16-14-32-47(50)53-51(62)37-48(39-21-7-2-8-22-39)52-46-31-13-15-33-49(46)61(54(52)53)45-29-11-4-12-30-45/h1-37H. The van der Waals surface area contributed by atoms with Gasteiger partial charge in [0.05, 0.1) is 22.1 Å². The van der Waals surface area contributed by atoms with Gasteiger partial charge in [-0.15, -0.1) is 0 Å². The van der Waals surface area contributed by atoms with E-state index in [1.54, 1.807) is 0 Å². The van der Waals surface area contributed by atoms with E-state index in [-0.39, 0.29) is 0 Å². The lowest BCUT2D eigenvalue weighted by Gasteiger charge is -2.14. The summed E-state index contributed by atoms with van der Waals surface area (Å²) in [7, 11) is 0. The largest absolute Gasteiger partial charge is 0.309 e. The maximum absolute atomic E-state index is 5.41. The van der Waals surface area contributed by atoms with E-state index >= 15 is 0 Å². The number of fused-ring (bicyclic) bond motifs is 7. The Kier molecular flexibility index (Phi) is 8.42. The van der Waals surface area contributed by atoms with E-state index in [2.05, 4.69) is 215 Å². The monoisotopic (exact) mass is 791 g/mol. The molecule has 9 aromatic carbocycles. The lowest BCUT2D eigenvalue weighted by Crippen LogP contribution is -2.06. The second-order valence-electron chi connectivity index (χ2n) is 15.6. The van der Waals surface area contributed by atoms with Gasteiger partial charge in [0.25, 0.3) is 0 Å². The number of benzene rings is 9. The Hall–Kier alpha value is -8.41. The lowest BCUT2D eigenvalue weighted by molar-refractivity contribution is 0.953. The van der Waals surface area contributed by atoms with E-state index in [1.807, 2.05) is 18.2 Å². The van der Waals surface area contributed by atoms with E-state index in [0.29, 0.717) is 17.6 Å². The number of hydrogen-bond donors (Lipinski definition) is 0. The van der Waals surface area contributed by atoms with Crippen molar-refractivity contribution < 1.29 is 0 Å². The van der Waals surface area contributed by atoms with Crippen molar-refractivity contribution in [1.29, 1.82) is 0 Å². The van der Waals surface area contributed by atoms with Crippen LogP contribution in [0.3, 0.4) is 0 Å². The average molecular weight is 792 g/mol. The molecule has 0 N–H and O–H groups in total. The Morgan fingerprint density at radius 2 is 0.742 bits per heavy atom. The highest BCUT2D eigenvalue weighted by Gasteiger charge is 2.25. The molecule has 0 bridgehead atoms. The molecule has 290 valence electrons. The maximum atomic E-state index is 5.41. The van der Waals surface area contributed by atoms with E-state index in [1.165, 1.54) is 21.9 Å². The molecule has 3 heterocycles. The highest BCUT2D eigenvalue weighted by atomic mass is 15.2. The summed E-state index contributed by atoms with van der Waals surface area (Å²) in [4.78, 5) is 16.0. The van der Waals surface area contributed by atoms with Crippen LogP contribution in [-0.2, 0) is 0 Å². The maximum Gasteiger partial charge on any atom is 0.238 e. The minimum Gasteiger partial charge on any atom is -0.309 e. The fourth-order valence-corrected chi connectivity index (χ4v) is 9.17. The van der Waals surface area contributed by atoms with Crippen molar-refractivity contribution in [3.05, 3.63) is 224 Å². The van der Waals surface area contributed by atoms with Gasteiger partial charge in [0.1, 0.15) is 0 Å². The quantitative estimate of drug-likeness (QED) is 0.162. The molecule has 0 saturated heterocycles. The van der Waals surface area contributed by atoms with E-state index in [4.69, 9.17) is 15.0 Å². The molecule has 0 amide bonds. The first-order chi connectivity index (χ1) is 30.8. The molecule has 0 atom stereocenters. The van der Waals surface area contributed by atoms with Crippen LogP contribution < -0.4 is 0 Å². The first kappa shape index (κ1) is 35.5. The normalized spacial score (nSPS) is 11.5. The van der Waals surface area contributed by atoms with Crippen LogP contribution >= 0.6 is 0 Å². The zero-order valence-electron chi connectivity index (χ0n) is 33.6. The zero-order chi connectivity index (χ0) is 41.0. The second-order valence-corrected chi connectivity index (χ2v) is 15.6. The minimum absolute atomic E-state index is 0.553. The summed E-state index contributed by atoms with van der Waals surface area (Å²) in [5, 5.41) is 4.67.